The minimum absolute atomic E-state index is 0.132. The highest BCUT2D eigenvalue weighted by Crippen LogP contribution is 2.27. The maximum atomic E-state index is 13.6. The van der Waals surface area contributed by atoms with Gasteiger partial charge in [-0.15, -0.1) is 0 Å². The second-order valence-electron chi connectivity index (χ2n) is 5.05. The largest absolute Gasteiger partial charge is 0.483 e. The molecule has 0 radical (unpaired) electrons. The number of halogens is 2. The van der Waals surface area contributed by atoms with Crippen LogP contribution < -0.4 is 10.1 Å². The van der Waals surface area contributed by atoms with Gasteiger partial charge in [-0.05, 0) is 42.3 Å². The molecule has 1 N–H and O–H groups in total. The molecule has 24 heavy (non-hydrogen) atoms. The van der Waals surface area contributed by atoms with E-state index in [4.69, 9.17) is 4.74 Å². The molecular formula is C17H14BrFN2O2S. The van der Waals surface area contributed by atoms with E-state index in [1.807, 2.05) is 25.1 Å². The number of amides is 1. The summed E-state index contributed by atoms with van der Waals surface area (Å²) in [4.78, 5) is 16.1. The molecule has 0 atom stereocenters. The summed E-state index contributed by atoms with van der Waals surface area (Å²) < 4.78 is 20.9. The lowest BCUT2D eigenvalue weighted by Crippen LogP contribution is -2.20. The first-order valence-corrected chi connectivity index (χ1v) is 8.94. The fourth-order valence-electron chi connectivity index (χ4n) is 2.23. The first kappa shape index (κ1) is 16.9. The van der Waals surface area contributed by atoms with Crippen LogP contribution in [0.1, 0.15) is 12.5 Å². The average Bonchev–Trinajstić information content (AvgIpc) is 2.97. The maximum absolute atomic E-state index is 13.6. The number of nitrogens with one attached hydrogen (secondary N) is 1. The number of benzene rings is 2. The third-order valence-electron chi connectivity index (χ3n) is 3.38. The Morgan fingerprint density at radius 3 is 2.96 bits per heavy atom. The Labute approximate surface area is 150 Å². The van der Waals surface area contributed by atoms with E-state index in [9.17, 15) is 9.18 Å². The third kappa shape index (κ3) is 3.73. The molecule has 0 saturated carbocycles. The Kier molecular flexibility index (Phi) is 5.11. The van der Waals surface area contributed by atoms with Crippen LogP contribution in [0.25, 0.3) is 10.2 Å². The van der Waals surface area contributed by atoms with Crippen LogP contribution in [-0.4, -0.2) is 17.5 Å². The van der Waals surface area contributed by atoms with Gasteiger partial charge in [0, 0.05) is 4.47 Å². The SMILES string of the molecule is CCc1cc(Br)ccc1OCC(=O)Nc1nc2c(F)cccc2s1. The molecule has 0 fully saturated rings. The zero-order chi connectivity index (χ0) is 17.1. The van der Waals surface area contributed by atoms with Crippen molar-refractivity contribution in [2.45, 2.75) is 13.3 Å². The number of ether oxygens (including phenoxy) is 1. The highest BCUT2D eigenvalue weighted by Gasteiger charge is 2.12. The fraction of sp³-hybridized carbons (Fsp3) is 0.176. The Balaban J connectivity index is 1.66. The smallest absolute Gasteiger partial charge is 0.264 e. The Hall–Kier alpha value is -1.99. The van der Waals surface area contributed by atoms with Gasteiger partial charge in [-0.2, -0.15) is 0 Å². The number of thiazole rings is 1. The van der Waals surface area contributed by atoms with Crippen molar-refractivity contribution in [2.24, 2.45) is 0 Å². The van der Waals surface area contributed by atoms with Crippen LogP contribution in [0, 0.1) is 5.82 Å². The molecular weight excluding hydrogens is 395 g/mol. The van der Waals surface area contributed by atoms with Gasteiger partial charge in [0.1, 0.15) is 17.1 Å². The minimum atomic E-state index is -0.400. The van der Waals surface area contributed by atoms with Crippen molar-refractivity contribution in [2.75, 3.05) is 11.9 Å². The van der Waals surface area contributed by atoms with Gasteiger partial charge in [-0.3, -0.25) is 10.1 Å². The fourth-order valence-corrected chi connectivity index (χ4v) is 3.54. The molecule has 3 aromatic rings. The molecule has 0 aliphatic rings. The van der Waals surface area contributed by atoms with Crippen molar-refractivity contribution in [1.82, 2.24) is 4.98 Å². The molecule has 0 unspecified atom stereocenters. The van der Waals surface area contributed by atoms with E-state index in [1.165, 1.54) is 17.4 Å². The summed E-state index contributed by atoms with van der Waals surface area (Å²) in [6.45, 7) is 1.89. The number of hydrogen-bond acceptors (Lipinski definition) is 4. The van der Waals surface area contributed by atoms with E-state index in [0.29, 0.717) is 15.6 Å². The van der Waals surface area contributed by atoms with Gasteiger partial charge in [-0.25, -0.2) is 9.37 Å². The standard InChI is InChI=1S/C17H14BrFN2O2S/c1-2-10-8-11(18)6-7-13(10)23-9-15(22)20-17-21-16-12(19)4-3-5-14(16)24-17/h3-8H,2,9H2,1H3,(H,20,21,22). The summed E-state index contributed by atoms with van der Waals surface area (Å²) in [6.07, 6.45) is 0.799. The Bertz CT molecular complexity index is 897. The summed E-state index contributed by atoms with van der Waals surface area (Å²) in [7, 11) is 0. The second kappa shape index (κ2) is 7.27. The predicted octanol–water partition coefficient (Wildman–Crippen LogP) is 4.78. The average molecular weight is 409 g/mol. The van der Waals surface area contributed by atoms with Crippen molar-refractivity contribution in [3.8, 4) is 5.75 Å². The molecule has 4 nitrogen and oxygen atoms in total. The second-order valence-corrected chi connectivity index (χ2v) is 6.99. The van der Waals surface area contributed by atoms with E-state index in [2.05, 4.69) is 26.2 Å². The number of aromatic nitrogens is 1. The van der Waals surface area contributed by atoms with Crippen LogP contribution in [0.3, 0.4) is 0 Å². The van der Waals surface area contributed by atoms with Crippen LogP contribution >= 0.6 is 27.3 Å². The van der Waals surface area contributed by atoms with Crippen LogP contribution in [0.5, 0.6) is 5.75 Å². The lowest BCUT2D eigenvalue weighted by atomic mass is 10.1. The summed E-state index contributed by atoms with van der Waals surface area (Å²) in [5.74, 6) is -0.0615. The molecule has 0 saturated heterocycles. The van der Waals surface area contributed by atoms with Crippen LogP contribution in [-0.2, 0) is 11.2 Å². The molecule has 3 rings (SSSR count). The predicted molar refractivity (Wildman–Crippen MR) is 97.2 cm³/mol. The highest BCUT2D eigenvalue weighted by molar-refractivity contribution is 9.10. The van der Waals surface area contributed by atoms with E-state index in [1.54, 1.807) is 12.1 Å². The lowest BCUT2D eigenvalue weighted by Gasteiger charge is -2.10. The highest BCUT2D eigenvalue weighted by atomic mass is 79.9. The number of para-hydroxylation sites is 1. The van der Waals surface area contributed by atoms with Gasteiger partial charge in [0.25, 0.3) is 5.91 Å². The van der Waals surface area contributed by atoms with E-state index in [-0.39, 0.29) is 18.0 Å². The molecule has 1 heterocycles. The quantitative estimate of drug-likeness (QED) is 0.660. The van der Waals surface area contributed by atoms with Crippen molar-refractivity contribution in [1.29, 1.82) is 0 Å². The lowest BCUT2D eigenvalue weighted by molar-refractivity contribution is -0.118. The monoisotopic (exact) mass is 408 g/mol. The van der Waals surface area contributed by atoms with Gasteiger partial charge in [0.05, 0.1) is 4.70 Å². The number of anilines is 1. The topological polar surface area (TPSA) is 51.2 Å². The van der Waals surface area contributed by atoms with Gasteiger partial charge in [0.15, 0.2) is 11.7 Å². The number of rotatable bonds is 5. The number of nitrogens with zero attached hydrogens (tertiary/aromatic N) is 1. The Morgan fingerprint density at radius 2 is 2.21 bits per heavy atom. The Morgan fingerprint density at radius 1 is 1.38 bits per heavy atom. The molecule has 1 amide bonds. The molecule has 124 valence electrons. The van der Waals surface area contributed by atoms with Crippen LogP contribution in [0.15, 0.2) is 40.9 Å². The first-order valence-electron chi connectivity index (χ1n) is 7.33. The third-order valence-corrected chi connectivity index (χ3v) is 4.81. The molecule has 0 aliphatic heterocycles. The first-order chi connectivity index (χ1) is 11.6. The van der Waals surface area contributed by atoms with Gasteiger partial charge in [0.2, 0.25) is 0 Å². The van der Waals surface area contributed by atoms with Gasteiger partial charge in [-0.1, -0.05) is 40.3 Å². The molecule has 0 aliphatic carbocycles. The maximum Gasteiger partial charge on any atom is 0.264 e. The summed E-state index contributed by atoms with van der Waals surface area (Å²) in [5, 5.41) is 3.00. The van der Waals surface area contributed by atoms with Crippen molar-refractivity contribution >= 4 is 48.5 Å². The summed E-state index contributed by atoms with van der Waals surface area (Å²) in [6, 6.07) is 10.4. The van der Waals surface area contributed by atoms with Crippen LogP contribution in [0.4, 0.5) is 9.52 Å². The molecule has 2 aromatic carbocycles. The summed E-state index contributed by atoms with van der Waals surface area (Å²) in [5.41, 5.74) is 1.28. The molecule has 0 spiro atoms. The number of aryl methyl sites for hydroxylation is 1. The normalized spacial score (nSPS) is 10.8. The molecule has 1 aromatic heterocycles. The molecule has 7 heteroatoms. The van der Waals surface area contributed by atoms with E-state index >= 15 is 0 Å². The zero-order valence-electron chi connectivity index (χ0n) is 12.8. The number of fused-ring (bicyclic) bond motifs is 1. The van der Waals surface area contributed by atoms with Crippen molar-refractivity contribution in [3.05, 3.63) is 52.3 Å². The number of carbonyl (C=O) groups is 1. The summed E-state index contributed by atoms with van der Waals surface area (Å²) >= 11 is 4.64. The molecule has 0 bridgehead atoms. The van der Waals surface area contributed by atoms with Crippen LogP contribution in [0.2, 0.25) is 0 Å². The van der Waals surface area contributed by atoms with Crippen molar-refractivity contribution in [3.63, 3.8) is 0 Å². The van der Waals surface area contributed by atoms with E-state index < -0.39 is 5.82 Å². The number of hydrogen-bond donors (Lipinski definition) is 1. The van der Waals surface area contributed by atoms with Crippen molar-refractivity contribution < 1.29 is 13.9 Å². The van der Waals surface area contributed by atoms with Gasteiger partial charge < -0.3 is 4.74 Å². The van der Waals surface area contributed by atoms with E-state index in [0.717, 1.165) is 16.5 Å². The number of carbonyl (C=O) groups excluding carboxylic acids is 1. The zero-order valence-corrected chi connectivity index (χ0v) is 15.2. The van der Waals surface area contributed by atoms with Gasteiger partial charge >= 0.3 is 0 Å². The minimum Gasteiger partial charge on any atom is -0.483 e.